The summed E-state index contributed by atoms with van der Waals surface area (Å²) in [6.07, 6.45) is 17.0. The van der Waals surface area contributed by atoms with E-state index in [2.05, 4.69) is 31.9 Å². The molecule has 4 aliphatic carbocycles. The smallest absolute Gasteiger partial charge is 1.00 e. The third-order valence-corrected chi connectivity index (χ3v) is 12.0. The number of Topliss-reactive ketones (excluding diaryl/α,β-unsaturated/α-hetero) is 2. The van der Waals surface area contributed by atoms with Crippen molar-refractivity contribution in [2.24, 2.45) is 16.6 Å². The summed E-state index contributed by atoms with van der Waals surface area (Å²) in [6, 6.07) is 7.95. The molecule has 2 spiro atoms. The van der Waals surface area contributed by atoms with Crippen LogP contribution in [0.4, 0.5) is 0 Å². The Labute approximate surface area is 319 Å². The molecule has 50 heavy (non-hydrogen) atoms. The molecule has 4 heterocycles. The van der Waals surface area contributed by atoms with E-state index < -0.39 is 0 Å². The van der Waals surface area contributed by atoms with Gasteiger partial charge in [0.25, 0.3) is 0 Å². The molecule has 0 amide bonds. The van der Waals surface area contributed by atoms with Gasteiger partial charge in [0.15, 0.2) is 17.9 Å². The zero-order chi connectivity index (χ0) is 33.5. The van der Waals surface area contributed by atoms with Crippen LogP contribution in [0.3, 0.4) is 0 Å². The van der Waals surface area contributed by atoms with Gasteiger partial charge in [0, 0.05) is 77.5 Å². The molecular weight excluding hydrogens is 636 g/mol. The number of pyridine rings is 2. The van der Waals surface area contributed by atoms with Crippen LogP contribution in [0.2, 0.25) is 0 Å². The number of hydrogen-bond donors (Lipinski definition) is 1. The molecule has 0 atom stereocenters. The summed E-state index contributed by atoms with van der Waals surface area (Å²) in [4.78, 5) is 48.7. The molecule has 2 N–H and O–H groups in total. The Morgan fingerprint density at radius 1 is 0.760 bits per heavy atom. The summed E-state index contributed by atoms with van der Waals surface area (Å²) in [7, 11) is 0. The number of hydrogen-bond acceptors (Lipinski definition) is 10. The van der Waals surface area contributed by atoms with Gasteiger partial charge in [-0.1, -0.05) is 12.8 Å². The quantitative estimate of drug-likeness (QED) is 0.371. The van der Waals surface area contributed by atoms with Crippen LogP contribution in [0.5, 0.6) is 0 Å². The van der Waals surface area contributed by atoms with Gasteiger partial charge in [-0.3, -0.25) is 24.4 Å². The van der Waals surface area contributed by atoms with E-state index in [1.54, 1.807) is 18.5 Å². The fraction of sp³-hybridized carbons (Fsp3) is 0.500. The number of aldehydes is 1. The molecule has 0 bridgehead atoms. The van der Waals surface area contributed by atoms with Crippen molar-refractivity contribution in [1.29, 1.82) is 10.5 Å². The van der Waals surface area contributed by atoms with Crippen molar-refractivity contribution in [2.75, 3.05) is 26.2 Å². The Morgan fingerprint density at radius 3 is 1.58 bits per heavy atom. The van der Waals surface area contributed by atoms with Crippen molar-refractivity contribution in [1.82, 2.24) is 19.8 Å². The number of aromatic nitrogens is 2. The number of ketones is 2. The van der Waals surface area contributed by atoms with Crippen molar-refractivity contribution in [3.05, 3.63) is 69.3 Å². The van der Waals surface area contributed by atoms with Crippen molar-refractivity contribution >= 4 is 37.7 Å². The molecule has 4 fully saturated rings. The van der Waals surface area contributed by atoms with Gasteiger partial charge in [-0.15, -0.1) is 0 Å². The van der Waals surface area contributed by atoms with Crippen LogP contribution in [0.1, 0.15) is 104 Å². The third kappa shape index (κ3) is 6.86. The van der Waals surface area contributed by atoms with E-state index in [-0.39, 0.29) is 69.4 Å². The topological polar surface area (TPSA) is 157 Å². The predicted octanol–water partition coefficient (Wildman–Crippen LogP) is 1.42. The summed E-state index contributed by atoms with van der Waals surface area (Å²) < 4.78 is 0. The minimum Gasteiger partial charge on any atom is -1.00 e. The number of nitriles is 2. The summed E-state index contributed by atoms with van der Waals surface area (Å²) in [5, 5.41) is 19.1. The predicted molar refractivity (Wildman–Crippen MR) is 185 cm³/mol. The van der Waals surface area contributed by atoms with E-state index in [0.29, 0.717) is 40.6 Å². The Kier molecular flexibility index (Phi) is 11.5. The van der Waals surface area contributed by atoms with E-state index in [9.17, 15) is 24.9 Å². The number of nitrogens with two attached hydrogens (primary N) is 1. The van der Waals surface area contributed by atoms with E-state index in [1.807, 2.05) is 6.07 Å². The van der Waals surface area contributed by atoms with Crippen molar-refractivity contribution in [3.63, 3.8) is 0 Å². The van der Waals surface area contributed by atoms with Crippen LogP contribution in [-0.4, -0.2) is 72.2 Å². The largest absolute Gasteiger partial charge is 1.00 e. The number of fused-ring (bicyclic) bond motifs is 2. The number of carbonyl (C=O) groups is 3. The fourth-order valence-electron chi connectivity index (χ4n) is 8.63. The minimum absolute atomic E-state index is 0. The Bertz CT molecular complexity index is 1840. The van der Waals surface area contributed by atoms with Gasteiger partial charge in [-0.05, 0) is 85.5 Å². The van der Waals surface area contributed by atoms with E-state index in [0.717, 1.165) is 85.5 Å². The Morgan fingerprint density at radius 2 is 1.20 bits per heavy atom. The van der Waals surface area contributed by atoms with Crippen molar-refractivity contribution in [3.8, 4) is 12.1 Å². The summed E-state index contributed by atoms with van der Waals surface area (Å²) in [5.74, 6) is -0.240. The van der Waals surface area contributed by atoms with E-state index in [4.69, 9.17) is 5.73 Å². The number of piperidine rings is 2. The van der Waals surface area contributed by atoms with Gasteiger partial charge in [-0.25, -0.2) is 0 Å². The first-order chi connectivity index (χ1) is 23.3. The second-order valence-corrected chi connectivity index (χ2v) is 14.5. The van der Waals surface area contributed by atoms with Gasteiger partial charge < -0.3 is 17.0 Å². The van der Waals surface area contributed by atoms with Gasteiger partial charge >= 0.3 is 29.6 Å². The molecule has 2 saturated carbocycles. The second-order valence-electron chi connectivity index (χ2n) is 14.5. The molecule has 2 saturated heterocycles. The standard InChI is InChI=1S/C19H22N4O.C19H19N3O2.B.Na.H/c20-10-14-9-15-13(12-22-14)8-17(24)16(11-21)18(15)23-6-4-19(5-7-23)2-1-3-19;20-10-16-17(24)8-13-11-21-14(12-23)9-15(13)18(16)22-6-4-19(5-7-22)2-1-3-19;;;/h9,12H,1-8,10,20H2;9,11-12H,1-8H2;;;/q;;;+1;-1. The molecule has 12 heteroatoms. The zero-order valence-corrected chi connectivity index (χ0v) is 31.0. The van der Waals surface area contributed by atoms with Crippen molar-refractivity contribution in [2.45, 2.75) is 83.6 Å². The first-order valence-corrected chi connectivity index (χ1v) is 17.3. The molecular formula is C38H42BN7NaO3. The molecule has 8 rings (SSSR count). The second kappa shape index (κ2) is 15.3. The van der Waals surface area contributed by atoms with Crippen LogP contribution >= 0.6 is 0 Å². The maximum Gasteiger partial charge on any atom is 1.00 e. The van der Waals surface area contributed by atoms with E-state index in [1.165, 1.54) is 38.5 Å². The van der Waals surface area contributed by atoms with Gasteiger partial charge in [0.05, 0.1) is 17.1 Å². The van der Waals surface area contributed by atoms with Crippen LogP contribution in [0.25, 0.3) is 11.4 Å². The van der Waals surface area contributed by atoms with Gasteiger partial charge in [-0.2, -0.15) is 10.5 Å². The number of likely N-dealkylation sites (tertiary alicyclic amines) is 2. The molecule has 0 unspecified atom stereocenters. The average molecular weight is 679 g/mol. The SMILES string of the molecule is N#CC1=C(N2CCC3(CCC3)CC2)c2cc(C=O)ncc2CC1=O.N#CC1=C(N2CCC3(CCC3)CC2)c2cc(CN)ncc2CC1=O.[B].[H-].[Na+]. The van der Waals surface area contributed by atoms with Crippen LogP contribution < -0.4 is 35.3 Å². The molecule has 3 radical (unpaired) electrons. The number of allylic oxidation sites excluding steroid dienone is 2. The average Bonchev–Trinajstić information content (AvgIpc) is 3.09. The fourth-order valence-corrected chi connectivity index (χ4v) is 8.63. The molecule has 251 valence electrons. The minimum atomic E-state index is -0.149. The molecule has 0 aromatic carbocycles. The number of rotatable bonds is 4. The normalized spacial score (nSPS) is 21.2. The molecule has 2 aliphatic heterocycles. The summed E-state index contributed by atoms with van der Waals surface area (Å²) >= 11 is 0. The summed E-state index contributed by atoms with van der Waals surface area (Å²) in [5.41, 5.74) is 13.5. The third-order valence-electron chi connectivity index (χ3n) is 12.0. The maximum absolute atomic E-state index is 12.4. The zero-order valence-electron chi connectivity index (χ0n) is 30.0. The molecule has 2 aromatic rings. The summed E-state index contributed by atoms with van der Waals surface area (Å²) in [6.45, 7) is 3.94. The first-order valence-electron chi connectivity index (χ1n) is 17.3. The number of nitrogens with zero attached hydrogens (tertiary/aromatic N) is 6. The van der Waals surface area contributed by atoms with Gasteiger partial charge in [0.2, 0.25) is 0 Å². The first kappa shape index (κ1) is 37.6. The van der Waals surface area contributed by atoms with Crippen LogP contribution in [0.15, 0.2) is 35.7 Å². The van der Waals surface area contributed by atoms with E-state index >= 15 is 0 Å². The molecule has 10 nitrogen and oxygen atoms in total. The Balaban J connectivity index is 0.000000216. The molecule has 2 aromatic heterocycles. The Hall–Kier alpha value is -3.61. The van der Waals surface area contributed by atoms with Crippen molar-refractivity contribution < 1.29 is 45.4 Å². The number of carbonyl (C=O) groups excluding carboxylic acids is 3. The van der Waals surface area contributed by atoms with Gasteiger partial charge in [0.1, 0.15) is 29.0 Å². The monoisotopic (exact) mass is 678 g/mol. The van der Waals surface area contributed by atoms with Crippen LogP contribution in [-0.2, 0) is 29.0 Å². The molecule has 6 aliphatic rings. The maximum atomic E-state index is 12.4. The van der Waals surface area contributed by atoms with Crippen LogP contribution in [0, 0.1) is 33.5 Å².